The molecule has 1 aliphatic carbocycles. The molecule has 0 spiro atoms. The van der Waals surface area contributed by atoms with Crippen LogP contribution in [0.25, 0.3) is 11.1 Å². The average Bonchev–Trinajstić information content (AvgIpc) is 1.62. The predicted octanol–water partition coefficient (Wildman–Crippen LogP) is 4.25. The van der Waals surface area contributed by atoms with Gasteiger partial charge in [-0.15, -0.1) is 0 Å². The fraction of sp³-hybridized carbons (Fsp3) is 0.759. The highest BCUT2D eigenvalue weighted by atomic mass is 16.6. The number of aliphatic carboxylic acids is 1. The van der Waals surface area contributed by atoms with Gasteiger partial charge in [0.15, 0.2) is 5.78 Å². The first-order valence-corrected chi connectivity index (χ1v) is 44.0. The molecule has 3 rings (SSSR count). The molecule has 35 nitrogen and oxygen atoms in total. The van der Waals surface area contributed by atoms with Gasteiger partial charge in [-0.3, -0.25) is 38.4 Å². The first kappa shape index (κ1) is 110. The van der Waals surface area contributed by atoms with E-state index in [1.54, 1.807) is 0 Å². The van der Waals surface area contributed by atoms with Gasteiger partial charge in [0.2, 0.25) is 23.6 Å². The largest absolute Gasteiger partial charge is 0.480 e. The van der Waals surface area contributed by atoms with Crippen molar-refractivity contribution in [3.63, 3.8) is 0 Å². The Morgan fingerprint density at radius 3 is 0.967 bits per heavy atom. The van der Waals surface area contributed by atoms with Gasteiger partial charge in [-0.05, 0) is 125 Å². The van der Waals surface area contributed by atoms with Gasteiger partial charge in [-0.25, -0.2) is 4.79 Å². The monoisotopic (exact) mass is 1740 g/mol. The molecule has 0 bridgehead atoms. The number of fused-ring (bicyclic) bond motifs is 3. The summed E-state index contributed by atoms with van der Waals surface area (Å²) in [6.45, 7) is 12.7. The third kappa shape index (κ3) is 58.6. The minimum absolute atomic E-state index is 0.0357. The number of hydrogen-bond acceptors (Lipinski definition) is 30. The molecule has 0 fully saturated rings. The Morgan fingerprint density at radius 1 is 0.320 bits per heavy atom. The number of amides is 4. The molecule has 0 aliphatic heterocycles. The van der Waals surface area contributed by atoms with E-state index in [4.69, 9.17) is 103 Å². The van der Waals surface area contributed by atoms with Crippen molar-refractivity contribution in [3.8, 4) is 11.1 Å². The quantitative estimate of drug-likeness (QED) is 0.0330. The van der Waals surface area contributed by atoms with Gasteiger partial charge in [0.1, 0.15) is 24.2 Å². The minimum Gasteiger partial charge on any atom is -0.480 e. The van der Waals surface area contributed by atoms with Gasteiger partial charge < -0.3 is 130 Å². The van der Waals surface area contributed by atoms with Gasteiger partial charge in [-0.1, -0.05) is 61.4 Å². The SMILES string of the molecule is NCCCCC(CC(=O)CCOCCOCCOCCOCCCC(=O)C(CCCCN)NC(=O)CCOCCOCCOCCOCCNC(=O)C(CCCCN)CC(=O)CCOCCOCCOCCOCCCC(=O)OCC1c2ccccc2-c2ccccc21)C(=O)NCCOCCOCCOCCOCCC(=O)NC(CCCCN)C(=O)O. The number of carboxylic acids is 1. The zero-order valence-corrected chi connectivity index (χ0v) is 72.5. The van der Waals surface area contributed by atoms with E-state index in [0.29, 0.717) is 243 Å². The number of nitrogens with one attached hydrogen (secondary N) is 4. The summed E-state index contributed by atoms with van der Waals surface area (Å²) >= 11 is 0. The number of carbonyl (C=O) groups excluding carboxylic acids is 8. The molecule has 35 heteroatoms. The minimum atomic E-state index is -1.08. The highest BCUT2D eigenvalue weighted by Gasteiger charge is 2.30. The third-order valence-electron chi connectivity index (χ3n) is 19.3. The molecule has 4 unspecified atom stereocenters. The lowest BCUT2D eigenvalue weighted by atomic mass is 9.94. The van der Waals surface area contributed by atoms with Crippen molar-refractivity contribution in [2.24, 2.45) is 34.8 Å². The van der Waals surface area contributed by atoms with Crippen molar-refractivity contribution in [1.29, 1.82) is 0 Å². The van der Waals surface area contributed by atoms with Gasteiger partial charge in [0.25, 0.3) is 0 Å². The number of carbonyl (C=O) groups is 9. The first-order chi connectivity index (χ1) is 59.7. The van der Waals surface area contributed by atoms with Gasteiger partial charge in [-0.2, -0.15) is 0 Å². The molecule has 0 heterocycles. The van der Waals surface area contributed by atoms with Crippen LogP contribution in [0.2, 0.25) is 0 Å². The van der Waals surface area contributed by atoms with Crippen molar-refractivity contribution in [3.05, 3.63) is 59.7 Å². The zero-order chi connectivity index (χ0) is 88.0. The van der Waals surface area contributed by atoms with Gasteiger partial charge in [0, 0.05) is 95.4 Å². The molecule has 698 valence electrons. The van der Waals surface area contributed by atoms with E-state index < -0.39 is 35.8 Å². The van der Waals surface area contributed by atoms with Crippen molar-refractivity contribution in [2.45, 2.75) is 159 Å². The van der Waals surface area contributed by atoms with Crippen LogP contribution in [0.3, 0.4) is 0 Å². The lowest BCUT2D eigenvalue weighted by molar-refractivity contribution is -0.144. The fourth-order valence-corrected chi connectivity index (χ4v) is 12.6. The van der Waals surface area contributed by atoms with Crippen LogP contribution >= 0.6 is 0 Å². The summed E-state index contributed by atoms with van der Waals surface area (Å²) in [5.41, 5.74) is 27.3. The number of unbranched alkanes of at least 4 members (excludes halogenated alkanes) is 4. The molecule has 122 heavy (non-hydrogen) atoms. The second-order valence-electron chi connectivity index (χ2n) is 29.1. The number of benzene rings is 2. The number of hydrogen-bond donors (Lipinski definition) is 9. The van der Waals surface area contributed by atoms with Crippen LogP contribution in [0.4, 0.5) is 0 Å². The van der Waals surface area contributed by atoms with Crippen molar-refractivity contribution in [2.75, 3.05) is 257 Å². The standard InChI is InChI=1S/C87H148N8O27/c88-29-9-5-15-70(85(102)93-34-42-113-50-58-121-66-64-119-56-48-111-40-28-83(100)95-80(87(104)105)22-8-12-32-91)67-72(96)25-37-108-45-53-116-61-59-114-51-43-106-35-13-23-81(98)79(21-7-11-31-90)94-82(99)27-39-110-47-55-118-63-65-120-57-49-112-41-33-92-86(103)71(16-6-10-30-89)68-73(97)26-38-109-46-54-117-62-60-115-52-44-107-36-14-24-84(101)122-69-78-76-19-3-1-17-74(76)75-18-2-4-20-77(75)78/h1-4,17-20,70-71,78-80H,5-16,21-69,88-91H2,(H,92,103)(H,93,102)(H,94,99)(H,95,100)(H,104,105). The maximum Gasteiger partial charge on any atom is 0.326 e. The highest BCUT2D eigenvalue weighted by molar-refractivity contribution is 5.90. The maximum atomic E-state index is 13.2. The molecule has 0 saturated heterocycles. The molecule has 2 aromatic carbocycles. The predicted molar refractivity (Wildman–Crippen MR) is 455 cm³/mol. The van der Waals surface area contributed by atoms with E-state index in [2.05, 4.69) is 45.5 Å². The molecule has 0 radical (unpaired) electrons. The lowest BCUT2D eigenvalue weighted by Crippen LogP contribution is -2.41. The molecule has 4 atom stereocenters. The number of rotatable bonds is 90. The molecule has 13 N–H and O–H groups in total. The molecular weight excluding hydrogens is 1590 g/mol. The smallest absolute Gasteiger partial charge is 0.326 e. The molecule has 1 aliphatic rings. The van der Waals surface area contributed by atoms with Crippen LogP contribution in [0.5, 0.6) is 0 Å². The molecule has 0 aromatic heterocycles. The Hall–Kier alpha value is -6.53. The fourth-order valence-electron chi connectivity index (χ4n) is 12.6. The van der Waals surface area contributed by atoms with Crippen molar-refractivity contribution >= 4 is 52.9 Å². The van der Waals surface area contributed by atoms with E-state index in [1.807, 2.05) is 24.3 Å². The number of ether oxygens (including phenoxy) is 17. The van der Waals surface area contributed by atoms with Crippen molar-refractivity contribution < 1.29 is 129 Å². The molecule has 4 amide bonds. The zero-order valence-electron chi connectivity index (χ0n) is 72.5. The summed E-state index contributed by atoms with van der Waals surface area (Å²) in [7, 11) is 0. The molecular formula is C87H148N8O27. The van der Waals surface area contributed by atoms with Crippen LogP contribution in [0.15, 0.2) is 48.5 Å². The third-order valence-corrected chi connectivity index (χ3v) is 19.3. The van der Waals surface area contributed by atoms with Crippen LogP contribution in [-0.2, 0) is 124 Å². The second-order valence-corrected chi connectivity index (χ2v) is 29.1. The van der Waals surface area contributed by atoms with E-state index in [9.17, 15) is 48.3 Å². The van der Waals surface area contributed by atoms with E-state index in [1.165, 1.54) is 22.3 Å². The number of ketones is 3. The second kappa shape index (κ2) is 78.0. The van der Waals surface area contributed by atoms with Gasteiger partial charge in [0.05, 0.1) is 204 Å². The Balaban J connectivity index is 1.07. The Kier molecular flexibility index (Phi) is 70.1. The number of carboxylic acid groups (broad SMARTS) is 1. The number of esters is 1. The summed E-state index contributed by atoms with van der Waals surface area (Å²) in [5.74, 6) is -3.56. The van der Waals surface area contributed by atoms with Gasteiger partial charge >= 0.3 is 11.9 Å². The van der Waals surface area contributed by atoms with E-state index in [-0.39, 0.29) is 171 Å². The van der Waals surface area contributed by atoms with Crippen LogP contribution in [0, 0.1) is 11.8 Å². The normalized spacial score (nSPS) is 12.8. The Morgan fingerprint density at radius 2 is 0.615 bits per heavy atom. The van der Waals surface area contributed by atoms with E-state index in [0.717, 1.165) is 32.1 Å². The average molecular weight is 1740 g/mol. The number of Topliss-reactive ketones (excluding diaryl/α,β-unsaturated/α-hetero) is 3. The van der Waals surface area contributed by atoms with E-state index >= 15 is 0 Å². The maximum absolute atomic E-state index is 13.2. The summed E-state index contributed by atoms with van der Waals surface area (Å²) in [4.78, 5) is 114. The summed E-state index contributed by atoms with van der Waals surface area (Å²) in [6, 6.07) is 14.9. The summed E-state index contributed by atoms with van der Waals surface area (Å²) < 4.78 is 94.9. The molecule has 2 aromatic rings. The van der Waals surface area contributed by atoms with Crippen LogP contribution < -0.4 is 44.2 Å². The summed E-state index contributed by atoms with van der Waals surface area (Å²) in [5, 5.41) is 20.4. The first-order valence-electron chi connectivity index (χ1n) is 44.0. The topological polar surface area (TPSA) is 483 Å². The highest BCUT2D eigenvalue weighted by Crippen LogP contribution is 2.44. The van der Waals surface area contributed by atoms with Crippen molar-refractivity contribution in [1.82, 2.24) is 21.3 Å². The Labute approximate surface area is 722 Å². The molecule has 0 saturated carbocycles. The number of nitrogens with two attached hydrogens (primary N) is 4. The van der Waals surface area contributed by atoms with Crippen LogP contribution in [-0.4, -0.2) is 327 Å². The Bertz CT molecular complexity index is 2980. The summed E-state index contributed by atoms with van der Waals surface area (Å²) in [6.07, 6.45) is 9.76. The van der Waals surface area contributed by atoms with Crippen LogP contribution in [0.1, 0.15) is 158 Å². The lowest BCUT2D eigenvalue weighted by Gasteiger charge is -2.18.